The number of thiazole rings is 1. The number of hydrogen-bond donors (Lipinski definition) is 1. The summed E-state index contributed by atoms with van der Waals surface area (Å²) in [7, 11) is 1.64. The number of carbonyl (C=O) groups excluding carboxylic acids is 1. The molecule has 2 aromatic heterocycles. The van der Waals surface area contributed by atoms with Crippen molar-refractivity contribution in [1.82, 2.24) is 14.7 Å². The number of hydrogen-bond acceptors (Lipinski definition) is 4. The van der Waals surface area contributed by atoms with Crippen molar-refractivity contribution < 1.29 is 9.53 Å². The number of benzene rings is 2. The molecular weight excluding hydrogens is 358 g/mol. The molecule has 4 rings (SSSR count). The molecule has 0 unspecified atom stereocenters. The molecule has 5 nitrogen and oxygen atoms in total. The van der Waals surface area contributed by atoms with Crippen molar-refractivity contribution in [1.29, 1.82) is 0 Å². The van der Waals surface area contributed by atoms with E-state index in [-0.39, 0.29) is 5.91 Å². The molecule has 2 aromatic carbocycles. The highest BCUT2D eigenvalue weighted by molar-refractivity contribution is 7.15. The van der Waals surface area contributed by atoms with Crippen molar-refractivity contribution in [3.63, 3.8) is 0 Å². The molecule has 0 spiro atoms. The Morgan fingerprint density at radius 3 is 2.67 bits per heavy atom. The molecule has 4 aromatic rings. The minimum Gasteiger partial charge on any atom is -0.497 e. The lowest BCUT2D eigenvalue weighted by atomic mass is 10.2. The van der Waals surface area contributed by atoms with Crippen LogP contribution in [0.4, 0.5) is 0 Å². The van der Waals surface area contributed by atoms with Gasteiger partial charge in [0.15, 0.2) is 4.96 Å². The van der Waals surface area contributed by atoms with E-state index in [0.29, 0.717) is 13.0 Å². The Hall–Kier alpha value is -3.12. The smallest absolute Gasteiger partial charge is 0.226 e. The van der Waals surface area contributed by atoms with E-state index in [9.17, 15) is 4.79 Å². The van der Waals surface area contributed by atoms with E-state index < -0.39 is 0 Å². The molecule has 27 heavy (non-hydrogen) atoms. The largest absolute Gasteiger partial charge is 0.497 e. The molecule has 1 N–H and O–H groups in total. The van der Waals surface area contributed by atoms with E-state index in [2.05, 4.69) is 10.3 Å². The van der Waals surface area contributed by atoms with Gasteiger partial charge < -0.3 is 10.1 Å². The van der Waals surface area contributed by atoms with Crippen LogP contribution in [0, 0.1) is 0 Å². The molecule has 0 fully saturated rings. The number of carbonyl (C=O) groups is 1. The van der Waals surface area contributed by atoms with E-state index in [1.54, 1.807) is 18.4 Å². The Morgan fingerprint density at radius 1 is 1.15 bits per heavy atom. The molecule has 0 aliphatic carbocycles. The highest BCUT2D eigenvalue weighted by Crippen LogP contribution is 2.23. The summed E-state index contributed by atoms with van der Waals surface area (Å²) in [6, 6.07) is 17.7. The Kier molecular flexibility index (Phi) is 4.89. The number of amides is 1. The fourth-order valence-electron chi connectivity index (χ4n) is 2.88. The summed E-state index contributed by atoms with van der Waals surface area (Å²) in [6.07, 6.45) is 2.31. The van der Waals surface area contributed by atoms with Gasteiger partial charge in [0.2, 0.25) is 5.91 Å². The summed E-state index contributed by atoms with van der Waals surface area (Å²) in [5.41, 5.74) is 3.97. The number of nitrogens with zero attached hydrogens (tertiary/aromatic N) is 2. The molecule has 6 heteroatoms. The first kappa shape index (κ1) is 17.3. The Labute approximate surface area is 161 Å². The van der Waals surface area contributed by atoms with Gasteiger partial charge in [-0.05, 0) is 17.7 Å². The van der Waals surface area contributed by atoms with Gasteiger partial charge in [0.1, 0.15) is 5.75 Å². The van der Waals surface area contributed by atoms with Gasteiger partial charge in [-0.25, -0.2) is 4.98 Å². The van der Waals surface area contributed by atoms with Gasteiger partial charge in [-0.2, -0.15) is 0 Å². The molecule has 0 atom stereocenters. The molecule has 0 bridgehead atoms. The number of ether oxygens (including phenoxy) is 1. The Balaban J connectivity index is 1.43. The molecule has 2 heterocycles. The van der Waals surface area contributed by atoms with Crippen molar-refractivity contribution in [3.8, 4) is 17.0 Å². The van der Waals surface area contributed by atoms with Gasteiger partial charge in [-0.3, -0.25) is 9.20 Å². The maximum absolute atomic E-state index is 12.4. The van der Waals surface area contributed by atoms with Crippen molar-refractivity contribution in [3.05, 3.63) is 77.4 Å². The van der Waals surface area contributed by atoms with Crippen molar-refractivity contribution >= 4 is 22.2 Å². The molecule has 0 saturated heterocycles. The second-order valence-electron chi connectivity index (χ2n) is 6.17. The number of methoxy groups -OCH3 is 1. The number of nitrogens with one attached hydrogen (secondary N) is 1. The maximum Gasteiger partial charge on any atom is 0.226 e. The lowest BCUT2D eigenvalue weighted by molar-refractivity contribution is -0.120. The van der Waals surface area contributed by atoms with E-state index in [1.165, 1.54) is 0 Å². The van der Waals surface area contributed by atoms with Crippen LogP contribution in [0.1, 0.15) is 11.3 Å². The molecule has 136 valence electrons. The van der Waals surface area contributed by atoms with E-state index in [0.717, 1.165) is 33.2 Å². The first-order valence-electron chi connectivity index (χ1n) is 8.63. The molecule has 1 amide bonds. The lowest BCUT2D eigenvalue weighted by Crippen LogP contribution is -2.24. The van der Waals surface area contributed by atoms with Crippen molar-refractivity contribution in [2.45, 2.75) is 13.0 Å². The van der Waals surface area contributed by atoms with Gasteiger partial charge in [-0.15, -0.1) is 11.3 Å². The monoisotopic (exact) mass is 377 g/mol. The third-order valence-electron chi connectivity index (χ3n) is 4.34. The van der Waals surface area contributed by atoms with E-state index >= 15 is 0 Å². The molecule has 0 radical (unpaired) electrons. The van der Waals surface area contributed by atoms with Crippen LogP contribution in [0.3, 0.4) is 0 Å². The topological polar surface area (TPSA) is 55.6 Å². The number of imidazole rings is 1. The highest BCUT2D eigenvalue weighted by atomic mass is 32.1. The Bertz CT molecular complexity index is 1050. The van der Waals surface area contributed by atoms with Crippen LogP contribution < -0.4 is 10.1 Å². The summed E-state index contributed by atoms with van der Waals surface area (Å²) >= 11 is 1.55. The molecule has 0 aliphatic rings. The standard InChI is InChI=1S/C21H19N3O2S/c1-26-18-9-7-15(8-10-18)12-22-20(25)11-17-14-27-21-23-19(13-24(17)21)16-5-3-2-4-6-16/h2-10,13-14H,11-12H2,1H3,(H,22,25). The normalized spacial score (nSPS) is 10.9. The van der Waals surface area contributed by atoms with Crippen LogP contribution in [0.2, 0.25) is 0 Å². The SMILES string of the molecule is COc1ccc(CNC(=O)Cc2csc3nc(-c4ccccc4)cn23)cc1. The fourth-order valence-corrected chi connectivity index (χ4v) is 3.75. The zero-order valence-corrected chi connectivity index (χ0v) is 15.7. The molecule has 0 saturated carbocycles. The number of aromatic nitrogens is 2. The van der Waals surface area contributed by atoms with E-state index in [4.69, 9.17) is 4.74 Å². The van der Waals surface area contributed by atoms with Crippen LogP contribution in [0.15, 0.2) is 66.2 Å². The van der Waals surface area contributed by atoms with Gasteiger partial charge >= 0.3 is 0 Å². The minimum absolute atomic E-state index is 0.0134. The second kappa shape index (κ2) is 7.63. The highest BCUT2D eigenvalue weighted by Gasteiger charge is 2.12. The van der Waals surface area contributed by atoms with Crippen LogP contribution in [-0.4, -0.2) is 22.4 Å². The first-order valence-corrected chi connectivity index (χ1v) is 9.51. The molecule has 0 aliphatic heterocycles. The summed E-state index contributed by atoms with van der Waals surface area (Å²) < 4.78 is 7.14. The summed E-state index contributed by atoms with van der Waals surface area (Å²) in [5.74, 6) is 0.792. The summed E-state index contributed by atoms with van der Waals surface area (Å²) in [5, 5.41) is 4.96. The zero-order chi connectivity index (χ0) is 18.6. The van der Waals surface area contributed by atoms with Crippen molar-refractivity contribution in [2.75, 3.05) is 7.11 Å². The fraction of sp³-hybridized carbons (Fsp3) is 0.143. The Morgan fingerprint density at radius 2 is 1.93 bits per heavy atom. The average molecular weight is 377 g/mol. The van der Waals surface area contributed by atoms with Gasteiger partial charge in [0.25, 0.3) is 0 Å². The van der Waals surface area contributed by atoms with Gasteiger partial charge in [0, 0.05) is 29.4 Å². The molecular formula is C21H19N3O2S. The number of rotatable bonds is 6. The summed E-state index contributed by atoms with van der Waals surface area (Å²) in [6.45, 7) is 0.495. The second-order valence-corrected chi connectivity index (χ2v) is 7.01. The van der Waals surface area contributed by atoms with E-state index in [1.807, 2.05) is 70.6 Å². The zero-order valence-electron chi connectivity index (χ0n) is 14.9. The predicted molar refractivity (Wildman–Crippen MR) is 107 cm³/mol. The minimum atomic E-state index is -0.0134. The number of fused-ring (bicyclic) bond motifs is 1. The van der Waals surface area contributed by atoms with Crippen LogP contribution in [0.5, 0.6) is 5.75 Å². The predicted octanol–water partition coefficient (Wildman–Crippen LogP) is 3.93. The summed E-state index contributed by atoms with van der Waals surface area (Å²) in [4.78, 5) is 17.9. The average Bonchev–Trinajstić information content (AvgIpc) is 3.29. The van der Waals surface area contributed by atoms with Crippen LogP contribution in [0.25, 0.3) is 16.2 Å². The van der Waals surface area contributed by atoms with Crippen LogP contribution in [-0.2, 0) is 17.8 Å². The lowest BCUT2D eigenvalue weighted by Gasteiger charge is -2.06. The third kappa shape index (κ3) is 3.85. The van der Waals surface area contributed by atoms with Crippen LogP contribution >= 0.6 is 11.3 Å². The maximum atomic E-state index is 12.4. The quantitative estimate of drug-likeness (QED) is 0.554. The first-order chi connectivity index (χ1) is 13.2. The third-order valence-corrected chi connectivity index (χ3v) is 5.23. The van der Waals surface area contributed by atoms with Gasteiger partial charge in [0.05, 0.1) is 19.2 Å². The van der Waals surface area contributed by atoms with Gasteiger partial charge in [-0.1, -0.05) is 42.5 Å². The van der Waals surface area contributed by atoms with Crippen molar-refractivity contribution in [2.24, 2.45) is 0 Å².